The molecule has 6 nitrogen and oxygen atoms in total. The van der Waals surface area contributed by atoms with E-state index in [2.05, 4.69) is 16.3 Å². The van der Waals surface area contributed by atoms with Gasteiger partial charge in [0.25, 0.3) is 0 Å². The van der Waals surface area contributed by atoms with Gasteiger partial charge in [-0.15, -0.1) is 0 Å². The molecule has 1 aliphatic rings. The number of rotatable bonds is 5. The predicted molar refractivity (Wildman–Crippen MR) is 111 cm³/mol. The van der Waals surface area contributed by atoms with Gasteiger partial charge in [0, 0.05) is 18.8 Å². The third-order valence-corrected chi connectivity index (χ3v) is 5.87. The maximum Gasteiger partial charge on any atom is 0.229 e. The number of fused-ring (bicyclic) bond motifs is 1. The number of amides is 1. The zero-order chi connectivity index (χ0) is 19.3. The second-order valence-corrected chi connectivity index (χ2v) is 7.72. The molecule has 142 valence electrons. The van der Waals surface area contributed by atoms with Gasteiger partial charge in [-0.05, 0) is 49.2 Å². The smallest absolute Gasteiger partial charge is 0.229 e. The van der Waals surface area contributed by atoms with Crippen molar-refractivity contribution in [1.29, 1.82) is 5.26 Å². The highest BCUT2D eigenvalue weighted by atomic mass is 32.1. The van der Waals surface area contributed by atoms with E-state index in [0.717, 1.165) is 35.7 Å². The van der Waals surface area contributed by atoms with Gasteiger partial charge in [0.15, 0.2) is 11.7 Å². The molecule has 2 heterocycles. The van der Waals surface area contributed by atoms with Crippen LogP contribution >= 0.6 is 11.3 Å². The minimum Gasteiger partial charge on any atom is -0.479 e. The summed E-state index contributed by atoms with van der Waals surface area (Å²) in [6, 6.07) is 17.1. The predicted octanol–water partition coefficient (Wildman–Crippen LogP) is 4.05. The summed E-state index contributed by atoms with van der Waals surface area (Å²) in [5, 5.41) is 12.5. The lowest BCUT2D eigenvalue weighted by Gasteiger charge is -2.31. The second kappa shape index (κ2) is 8.28. The third-order valence-electron chi connectivity index (χ3n) is 4.77. The van der Waals surface area contributed by atoms with E-state index in [1.165, 1.54) is 4.70 Å². The first kappa shape index (κ1) is 18.3. The van der Waals surface area contributed by atoms with Crippen LogP contribution in [0.5, 0.6) is 5.75 Å². The topological polar surface area (TPSA) is 78.2 Å². The molecular weight excluding hydrogens is 372 g/mol. The molecule has 28 heavy (non-hydrogen) atoms. The molecule has 1 aromatic heterocycles. The van der Waals surface area contributed by atoms with Crippen LogP contribution in [0.25, 0.3) is 10.2 Å². The molecule has 7 heteroatoms. The number of thiazole rings is 1. The van der Waals surface area contributed by atoms with Gasteiger partial charge in [-0.1, -0.05) is 23.5 Å². The lowest BCUT2D eigenvalue weighted by atomic mass is 9.97. The highest BCUT2D eigenvalue weighted by Gasteiger charge is 2.27. The van der Waals surface area contributed by atoms with Crippen molar-refractivity contribution < 1.29 is 9.53 Å². The molecule has 0 spiro atoms. The molecule has 1 saturated heterocycles. The SMILES string of the molecule is N#CCOc1ccc(NC(=O)C2CCCN(c3nc4ccccc4s3)C2)cc1. The van der Waals surface area contributed by atoms with Crippen molar-refractivity contribution in [2.75, 3.05) is 29.9 Å². The van der Waals surface area contributed by atoms with Crippen LogP contribution in [-0.2, 0) is 4.79 Å². The number of piperidine rings is 1. The number of nitrogens with one attached hydrogen (secondary N) is 1. The molecule has 1 unspecified atom stereocenters. The molecule has 0 radical (unpaired) electrons. The third kappa shape index (κ3) is 4.07. The summed E-state index contributed by atoms with van der Waals surface area (Å²) in [6.07, 6.45) is 1.84. The van der Waals surface area contributed by atoms with Gasteiger partial charge in [-0.25, -0.2) is 4.98 Å². The molecule has 0 aliphatic carbocycles. The van der Waals surface area contributed by atoms with Crippen LogP contribution < -0.4 is 15.0 Å². The molecule has 1 fully saturated rings. The standard InChI is InChI=1S/C21H20N4O2S/c22-11-13-27-17-9-7-16(8-10-17)23-20(26)15-4-3-12-25(14-15)21-24-18-5-1-2-6-19(18)28-21/h1-2,5-10,15H,3-4,12-14H2,(H,23,26). The Morgan fingerprint density at radius 3 is 2.89 bits per heavy atom. The summed E-state index contributed by atoms with van der Waals surface area (Å²) in [5.41, 5.74) is 1.74. The Morgan fingerprint density at radius 1 is 1.29 bits per heavy atom. The van der Waals surface area contributed by atoms with Gasteiger partial charge in [0.1, 0.15) is 11.8 Å². The van der Waals surface area contributed by atoms with E-state index in [0.29, 0.717) is 12.3 Å². The zero-order valence-electron chi connectivity index (χ0n) is 15.3. The van der Waals surface area contributed by atoms with Crippen molar-refractivity contribution in [1.82, 2.24) is 4.98 Å². The van der Waals surface area contributed by atoms with Crippen molar-refractivity contribution in [3.8, 4) is 11.8 Å². The number of carbonyl (C=O) groups excluding carboxylic acids is 1. The molecule has 0 saturated carbocycles. The lowest BCUT2D eigenvalue weighted by molar-refractivity contribution is -0.120. The Bertz CT molecular complexity index is 976. The van der Waals surface area contributed by atoms with Crippen molar-refractivity contribution in [2.45, 2.75) is 12.8 Å². The van der Waals surface area contributed by atoms with E-state index < -0.39 is 0 Å². The number of anilines is 2. The molecule has 1 aliphatic heterocycles. The number of hydrogen-bond acceptors (Lipinski definition) is 6. The molecule has 2 aromatic carbocycles. The molecule has 0 bridgehead atoms. The van der Waals surface area contributed by atoms with Gasteiger partial charge in [0.05, 0.1) is 16.1 Å². The van der Waals surface area contributed by atoms with Crippen molar-refractivity contribution in [3.63, 3.8) is 0 Å². The summed E-state index contributed by atoms with van der Waals surface area (Å²) in [4.78, 5) is 19.7. The van der Waals surface area contributed by atoms with E-state index in [1.807, 2.05) is 24.3 Å². The first-order valence-electron chi connectivity index (χ1n) is 9.24. The summed E-state index contributed by atoms with van der Waals surface area (Å²) in [7, 11) is 0. The van der Waals surface area contributed by atoms with Crippen LogP contribution in [0.1, 0.15) is 12.8 Å². The Labute approximate surface area is 167 Å². The van der Waals surface area contributed by atoms with Crippen LogP contribution in [-0.4, -0.2) is 30.6 Å². The molecule has 3 aromatic rings. The summed E-state index contributed by atoms with van der Waals surface area (Å²) in [5.74, 6) is 0.561. The molecular formula is C21H20N4O2S. The monoisotopic (exact) mass is 392 g/mol. The summed E-state index contributed by atoms with van der Waals surface area (Å²) < 4.78 is 6.40. The maximum absolute atomic E-state index is 12.7. The van der Waals surface area contributed by atoms with Crippen molar-refractivity contribution in [2.24, 2.45) is 5.92 Å². The van der Waals surface area contributed by atoms with E-state index in [1.54, 1.807) is 35.6 Å². The van der Waals surface area contributed by atoms with Crippen LogP contribution in [0.15, 0.2) is 48.5 Å². The van der Waals surface area contributed by atoms with Crippen LogP contribution in [0.3, 0.4) is 0 Å². The first-order valence-corrected chi connectivity index (χ1v) is 10.1. The van der Waals surface area contributed by atoms with Crippen molar-refractivity contribution in [3.05, 3.63) is 48.5 Å². The number of aromatic nitrogens is 1. The summed E-state index contributed by atoms with van der Waals surface area (Å²) in [6.45, 7) is 1.61. The average Bonchev–Trinajstić information content (AvgIpc) is 3.18. The van der Waals surface area contributed by atoms with E-state index >= 15 is 0 Å². The number of nitrogens with zero attached hydrogens (tertiary/aromatic N) is 3. The Hall–Kier alpha value is -3.11. The molecule has 1 amide bonds. The second-order valence-electron chi connectivity index (χ2n) is 6.71. The van der Waals surface area contributed by atoms with Gasteiger partial charge >= 0.3 is 0 Å². The fraction of sp³-hybridized carbons (Fsp3) is 0.286. The quantitative estimate of drug-likeness (QED) is 0.709. The fourth-order valence-corrected chi connectivity index (χ4v) is 4.36. The fourth-order valence-electron chi connectivity index (χ4n) is 3.35. The Kier molecular flexibility index (Phi) is 5.40. The van der Waals surface area contributed by atoms with E-state index in [9.17, 15) is 4.79 Å². The average molecular weight is 392 g/mol. The lowest BCUT2D eigenvalue weighted by Crippen LogP contribution is -2.40. The normalized spacial score (nSPS) is 16.5. The van der Waals surface area contributed by atoms with Gasteiger partial charge in [-0.3, -0.25) is 4.79 Å². The number of benzene rings is 2. The van der Waals surface area contributed by atoms with E-state index in [-0.39, 0.29) is 18.4 Å². The minimum absolute atomic E-state index is 0.00931. The first-order chi connectivity index (χ1) is 13.7. The highest BCUT2D eigenvalue weighted by molar-refractivity contribution is 7.22. The highest BCUT2D eigenvalue weighted by Crippen LogP contribution is 2.31. The Balaban J connectivity index is 1.39. The molecule has 1 atom stereocenters. The van der Waals surface area contributed by atoms with Crippen LogP contribution in [0.4, 0.5) is 10.8 Å². The van der Waals surface area contributed by atoms with Gasteiger partial charge in [-0.2, -0.15) is 5.26 Å². The van der Waals surface area contributed by atoms with Crippen molar-refractivity contribution >= 4 is 38.3 Å². The number of hydrogen-bond donors (Lipinski definition) is 1. The maximum atomic E-state index is 12.7. The number of carbonyl (C=O) groups is 1. The number of ether oxygens (including phenoxy) is 1. The number of nitriles is 1. The van der Waals surface area contributed by atoms with Crippen LogP contribution in [0, 0.1) is 17.2 Å². The summed E-state index contributed by atoms with van der Waals surface area (Å²) >= 11 is 1.68. The van der Waals surface area contributed by atoms with Gasteiger partial charge < -0.3 is 15.0 Å². The largest absolute Gasteiger partial charge is 0.479 e. The van der Waals surface area contributed by atoms with E-state index in [4.69, 9.17) is 15.0 Å². The molecule has 1 N–H and O–H groups in total. The number of para-hydroxylation sites is 1. The minimum atomic E-state index is -0.0738. The molecule has 4 rings (SSSR count). The van der Waals surface area contributed by atoms with Gasteiger partial charge in [0.2, 0.25) is 5.91 Å². The Morgan fingerprint density at radius 2 is 2.11 bits per heavy atom. The van der Waals surface area contributed by atoms with Crippen LogP contribution in [0.2, 0.25) is 0 Å². The zero-order valence-corrected chi connectivity index (χ0v) is 16.1.